The van der Waals surface area contributed by atoms with Gasteiger partial charge in [0.15, 0.2) is 0 Å². The van der Waals surface area contributed by atoms with Crippen LogP contribution in [0.15, 0.2) is 12.1 Å². The van der Waals surface area contributed by atoms with Gasteiger partial charge in [-0.15, -0.1) is 0 Å². The average molecular weight is 433 g/mol. The van der Waals surface area contributed by atoms with Crippen LogP contribution in [-0.2, 0) is 4.79 Å². The first-order chi connectivity index (χ1) is 15.0. The predicted molar refractivity (Wildman–Crippen MR) is 117 cm³/mol. The van der Waals surface area contributed by atoms with Crippen LogP contribution in [-0.4, -0.2) is 79.6 Å². The second-order valence-corrected chi connectivity index (χ2v) is 8.90. The van der Waals surface area contributed by atoms with Gasteiger partial charge in [-0.1, -0.05) is 6.92 Å². The highest BCUT2D eigenvalue weighted by Crippen LogP contribution is 2.29. The van der Waals surface area contributed by atoms with Gasteiger partial charge < -0.3 is 20.9 Å². The molecule has 2 amide bonds. The zero-order valence-electron chi connectivity index (χ0n) is 18.4. The Morgan fingerprint density at radius 3 is 2.68 bits per heavy atom. The average Bonchev–Trinajstić information content (AvgIpc) is 2.78. The van der Waals surface area contributed by atoms with E-state index in [4.69, 9.17) is 0 Å². The Morgan fingerprint density at radius 2 is 2.00 bits per heavy atom. The van der Waals surface area contributed by atoms with Crippen molar-refractivity contribution in [3.8, 4) is 0 Å². The third-order valence-corrected chi connectivity index (χ3v) is 6.94. The molecule has 0 spiro atoms. The first-order valence-corrected chi connectivity index (χ1v) is 11.4. The van der Waals surface area contributed by atoms with Crippen LogP contribution in [0.1, 0.15) is 43.1 Å². The topological polar surface area (TPSA) is 89.6 Å². The molecule has 3 fully saturated rings. The number of pyridine rings is 1. The first-order valence-electron chi connectivity index (χ1n) is 11.4. The fraction of sp³-hybridized carbons (Fsp3) is 0.682. The molecule has 4 unspecified atom stereocenters. The van der Waals surface area contributed by atoms with Gasteiger partial charge in [-0.05, 0) is 43.7 Å². The number of rotatable bonds is 5. The van der Waals surface area contributed by atoms with Crippen molar-refractivity contribution in [3.63, 3.8) is 0 Å². The number of amides is 2. The molecule has 4 rings (SSSR count). The highest BCUT2D eigenvalue weighted by Gasteiger charge is 2.38. The highest BCUT2D eigenvalue weighted by atomic mass is 19.1. The predicted octanol–water partition coefficient (Wildman–Crippen LogP) is 0.738. The number of nitrogens with one attached hydrogen (secondary N) is 3. The summed E-state index contributed by atoms with van der Waals surface area (Å²) in [6.45, 7) is 6.25. The smallest absolute Gasteiger partial charge is 0.269 e. The van der Waals surface area contributed by atoms with Gasteiger partial charge in [0.05, 0.1) is 11.7 Å². The molecular formula is C22H33FN6O2. The number of piperazine rings is 2. The molecule has 1 aromatic rings. The second-order valence-electron chi connectivity index (χ2n) is 8.90. The van der Waals surface area contributed by atoms with Crippen molar-refractivity contribution in [1.29, 1.82) is 0 Å². The van der Waals surface area contributed by atoms with Crippen LogP contribution < -0.4 is 20.9 Å². The van der Waals surface area contributed by atoms with E-state index >= 15 is 0 Å². The van der Waals surface area contributed by atoms with Crippen LogP contribution in [0.25, 0.3) is 0 Å². The molecule has 0 radical (unpaired) electrons. The second kappa shape index (κ2) is 9.48. The van der Waals surface area contributed by atoms with Gasteiger partial charge in [0.25, 0.3) is 5.91 Å². The third-order valence-electron chi connectivity index (χ3n) is 6.94. The normalized spacial score (nSPS) is 29.3. The SMILES string of the molecule is CCC1NC2CCC(CN3CCN(c4ccc(C(=O)NC)nc4F)CC3)CC2NC1=O. The number of halogens is 1. The maximum absolute atomic E-state index is 14.5. The van der Waals surface area contributed by atoms with Crippen molar-refractivity contribution < 1.29 is 14.0 Å². The molecule has 0 aromatic carbocycles. The molecule has 9 heteroatoms. The number of nitrogens with zero attached hydrogens (tertiary/aromatic N) is 3. The van der Waals surface area contributed by atoms with Crippen LogP contribution in [0.2, 0.25) is 0 Å². The number of fused-ring (bicyclic) bond motifs is 1. The van der Waals surface area contributed by atoms with Crippen molar-refractivity contribution in [3.05, 3.63) is 23.8 Å². The molecule has 3 aliphatic rings. The third kappa shape index (κ3) is 4.82. The van der Waals surface area contributed by atoms with Crippen LogP contribution >= 0.6 is 0 Å². The molecular weight excluding hydrogens is 399 g/mol. The summed E-state index contributed by atoms with van der Waals surface area (Å²) in [7, 11) is 1.50. The standard InChI is InChI=1S/C22H33FN6O2/c1-3-15-22(31)27-18-12-14(4-5-16(18)25-15)13-28-8-10-29(11-9-28)19-7-6-17(21(30)24-2)26-20(19)23/h6-7,14-16,18,25H,3-5,8-13H2,1-2H3,(H,24,30)(H,27,31). The monoisotopic (exact) mass is 432 g/mol. The number of carbonyl (C=O) groups is 2. The highest BCUT2D eigenvalue weighted by molar-refractivity contribution is 5.92. The van der Waals surface area contributed by atoms with E-state index in [2.05, 4.69) is 25.8 Å². The zero-order valence-corrected chi connectivity index (χ0v) is 18.4. The van der Waals surface area contributed by atoms with Gasteiger partial charge in [-0.2, -0.15) is 4.39 Å². The van der Waals surface area contributed by atoms with Crippen LogP contribution in [0, 0.1) is 11.9 Å². The van der Waals surface area contributed by atoms with Gasteiger partial charge >= 0.3 is 0 Å². The number of aromatic nitrogens is 1. The molecule has 1 aliphatic carbocycles. The lowest BCUT2D eigenvalue weighted by Gasteiger charge is -2.44. The lowest BCUT2D eigenvalue weighted by molar-refractivity contribution is -0.127. The van der Waals surface area contributed by atoms with Crippen molar-refractivity contribution in [2.24, 2.45) is 5.92 Å². The summed E-state index contributed by atoms with van der Waals surface area (Å²) < 4.78 is 14.5. The Hall–Kier alpha value is -2.26. The fourth-order valence-electron chi connectivity index (χ4n) is 5.16. The Balaban J connectivity index is 1.27. The van der Waals surface area contributed by atoms with E-state index < -0.39 is 5.95 Å². The van der Waals surface area contributed by atoms with Crippen LogP contribution in [0.4, 0.5) is 10.1 Å². The maximum Gasteiger partial charge on any atom is 0.269 e. The van der Waals surface area contributed by atoms with Crippen molar-refractivity contribution >= 4 is 17.5 Å². The Labute approximate surface area is 182 Å². The molecule has 1 saturated carbocycles. The molecule has 170 valence electrons. The molecule has 3 heterocycles. The fourth-order valence-corrected chi connectivity index (χ4v) is 5.16. The summed E-state index contributed by atoms with van der Waals surface area (Å²) in [6, 6.07) is 3.79. The Bertz CT molecular complexity index is 813. The van der Waals surface area contributed by atoms with E-state index in [0.29, 0.717) is 17.6 Å². The minimum absolute atomic E-state index is 0.0498. The quantitative estimate of drug-likeness (QED) is 0.595. The van der Waals surface area contributed by atoms with E-state index in [-0.39, 0.29) is 29.6 Å². The number of hydrogen-bond acceptors (Lipinski definition) is 6. The van der Waals surface area contributed by atoms with Crippen molar-refractivity contribution in [2.45, 2.75) is 50.7 Å². The summed E-state index contributed by atoms with van der Waals surface area (Å²) in [4.78, 5) is 32.1. The summed E-state index contributed by atoms with van der Waals surface area (Å²) in [5.74, 6) is -0.284. The molecule has 1 aromatic heterocycles. The summed E-state index contributed by atoms with van der Waals surface area (Å²) in [5, 5.41) is 9.22. The molecule has 4 atom stereocenters. The largest absolute Gasteiger partial charge is 0.365 e. The van der Waals surface area contributed by atoms with Gasteiger partial charge in [-0.3, -0.25) is 14.5 Å². The maximum atomic E-state index is 14.5. The number of carbonyl (C=O) groups excluding carboxylic acids is 2. The van der Waals surface area contributed by atoms with Crippen molar-refractivity contribution in [1.82, 2.24) is 25.8 Å². The van der Waals surface area contributed by atoms with Crippen molar-refractivity contribution in [2.75, 3.05) is 44.7 Å². The van der Waals surface area contributed by atoms with Gasteiger partial charge in [0.1, 0.15) is 5.69 Å². The summed E-state index contributed by atoms with van der Waals surface area (Å²) in [5.41, 5.74) is 0.543. The zero-order chi connectivity index (χ0) is 22.0. The lowest BCUT2D eigenvalue weighted by atomic mass is 9.80. The van der Waals surface area contributed by atoms with E-state index in [9.17, 15) is 14.0 Å². The van der Waals surface area contributed by atoms with E-state index in [1.165, 1.54) is 13.5 Å². The number of anilines is 1. The van der Waals surface area contributed by atoms with Gasteiger partial charge in [0, 0.05) is 51.9 Å². The summed E-state index contributed by atoms with van der Waals surface area (Å²) in [6.07, 6.45) is 4.10. The molecule has 3 N–H and O–H groups in total. The molecule has 31 heavy (non-hydrogen) atoms. The lowest BCUT2D eigenvalue weighted by Crippen LogP contribution is -2.65. The number of hydrogen-bond donors (Lipinski definition) is 3. The Kier molecular flexibility index (Phi) is 6.71. The summed E-state index contributed by atoms with van der Waals surface area (Å²) >= 11 is 0. The molecule has 2 aliphatic heterocycles. The minimum Gasteiger partial charge on any atom is -0.365 e. The van der Waals surface area contributed by atoms with E-state index in [1.807, 2.05) is 11.8 Å². The molecule has 0 bridgehead atoms. The van der Waals surface area contributed by atoms with Gasteiger partial charge in [-0.25, -0.2) is 4.98 Å². The Morgan fingerprint density at radius 1 is 1.23 bits per heavy atom. The van der Waals surface area contributed by atoms with Crippen LogP contribution in [0.3, 0.4) is 0 Å². The molecule has 2 saturated heterocycles. The van der Waals surface area contributed by atoms with E-state index in [0.717, 1.165) is 52.0 Å². The van der Waals surface area contributed by atoms with E-state index in [1.54, 1.807) is 12.1 Å². The minimum atomic E-state index is -0.598. The molecule has 8 nitrogen and oxygen atoms in total. The van der Waals surface area contributed by atoms with Gasteiger partial charge in [0.2, 0.25) is 11.9 Å². The van der Waals surface area contributed by atoms with Crippen LogP contribution in [0.5, 0.6) is 0 Å². The first kappa shape index (κ1) is 22.0.